The second kappa shape index (κ2) is 10.4. The smallest absolute Gasteiger partial charge is 0.256 e. The van der Waals surface area contributed by atoms with Gasteiger partial charge in [-0.3, -0.25) is 9.59 Å². The van der Waals surface area contributed by atoms with Gasteiger partial charge in [0.1, 0.15) is 23.0 Å². The Morgan fingerprint density at radius 1 is 0.606 bits per heavy atom. The summed E-state index contributed by atoms with van der Waals surface area (Å²) in [5, 5.41) is 5.63. The lowest BCUT2D eigenvalue weighted by atomic mass is 10.1. The van der Waals surface area contributed by atoms with Crippen molar-refractivity contribution in [3.8, 4) is 23.0 Å². The van der Waals surface area contributed by atoms with E-state index in [4.69, 9.17) is 18.9 Å². The first-order chi connectivity index (χ1) is 15.9. The first-order valence-corrected chi connectivity index (χ1v) is 10.1. The predicted octanol–water partition coefficient (Wildman–Crippen LogP) is 4.53. The predicted molar refractivity (Wildman–Crippen MR) is 126 cm³/mol. The average molecular weight is 450 g/mol. The molecule has 0 aliphatic carbocycles. The number of ether oxygens (including phenoxy) is 4. The van der Waals surface area contributed by atoms with Crippen LogP contribution in [0.2, 0.25) is 0 Å². The molecular weight excluding hydrogens is 424 g/mol. The number of methoxy groups -OCH3 is 4. The summed E-state index contributed by atoms with van der Waals surface area (Å²) < 4.78 is 21.6. The Kier molecular flexibility index (Phi) is 7.40. The van der Waals surface area contributed by atoms with Crippen molar-refractivity contribution in [2.75, 3.05) is 39.1 Å². The zero-order valence-corrected chi connectivity index (χ0v) is 19.1. The molecule has 0 radical (unpaired) electrons. The molecule has 0 aliphatic heterocycles. The number of nitrogens with one attached hydrogen (secondary N) is 2. The maximum Gasteiger partial charge on any atom is 0.256 e. The third kappa shape index (κ3) is 5.17. The van der Waals surface area contributed by atoms with Gasteiger partial charge in [0.05, 0.1) is 39.8 Å². The molecule has 2 N–H and O–H groups in total. The van der Waals surface area contributed by atoms with Crippen molar-refractivity contribution in [2.24, 2.45) is 0 Å². The highest BCUT2D eigenvalue weighted by Crippen LogP contribution is 2.37. The molecule has 0 heterocycles. The lowest BCUT2D eigenvalue weighted by Gasteiger charge is -2.17. The Morgan fingerprint density at radius 2 is 1.03 bits per heavy atom. The first-order valence-electron chi connectivity index (χ1n) is 10.1. The van der Waals surface area contributed by atoms with Crippen molar-refractivity contribution in [1.29, 1.82) is 0 Å². The Morgan fingerprint density at radius 3 is 1.45 bits per heavy atom. The number of anilines is 2. The summed E-state index contributed by atoms with van der Waals surface area (Å²) in [4.78, 5) is 25.6. The number of carbonyl (C=O) groups is 2. The normalized spacial score (nSPS) is 10.2. The van der Waals surface area contributed by atoms with Gasteiger partial charge in [-0.2, -0.15) is 0 Å². The van der Waals surface area contributed by atoms with Crippen molar-refractivity contribution in [3.05, 3.63) is 71.3 Å². The Balaban J connectivity index is 1.91. The molecule has 3 aromatic rings. The third-order valence-corrected chi connectivity index (χ3v) is 5.07. The minimum Gasteiger partial charge on any atom is -0.496 e. The summed E-state index contributed by atoms with van der Waals surface area (Å²) in [6.45, 7) is 1.84. The lowest BCUT2D eigenvalue weighted by Crippen LogP contribution is -2.15. The van der Waals surface area contributed by atoms with Gasteiger partial charge in [0, 0.05) is 28.8 Å². The number of rotatable bonds is 8. The Hall–Kier alpha value is -4.20. The zero-order chi connectivity index (χ0) is 24.0. The highest BCUT2D eigenvalue weighted by molar-refractivity contribution is 6.07. The fourth-order valence-corrected chi connectivity index (χ4v) is 3.29. The Bertz CT molecular complexity index is 1140. The quantitative estimate of drug-likeness (QED) is 0.523. The number of benzene rings is 3. The fourth-order valence-electron chi connectivity index (χ4n) is 3.29. The second-order valence-electron chi connectivity index (χ2n) is 7.03. The van der Waals surface area contributed by atoms with Gasteiger partial charge in [-0.05, 0) is 31.2 Å². The van der Waals surface area contributed by atoms with E-state index in [1.807, 2.05) is 13.0 Å². The van der Waals surface area contributed by atoms with Gasteiger partial charge in [0.25, 0.3) is 11.8 Å². The van der Waals surface area contributed by atoms with E-state index >= 15 is 0 Å². The summed E-state index contributed by atoms with van der Waals surface area (Å²) >= 11 is 0. The summed E-state index contributed by atoms with van der Waals surface area (Å²) in [6.07, 6.45) is 0. The minimum absolute atomic E-state index is 0.299. The summed E-state index contributed by atoms with van der Waals surface area (Å²) in [5.41, 5.74) is 2.40. The van der Waals surface area contributed by atoms with Crippen molar-refractivity contribution in [1.82, 2.24) is 0 Å². The van der Waals surface area contributed by atoms with Crippen LogP contribution in [0.25, 0.3) is 0 Å². The van der Waals surface area contributed by atoms with E-state index in [0.717, 1.165) is 5.56 Å². The molecule has 172 valence electrons. The van der Waals surface area contributed by atoms with Crippen LogP contribution in [0.5, 0.6) is 23.0 Å². The molecule has 0 aromatic heterocycles. The molecule has 8 heteroatoms. The van der Waals surface area contributed by atoms with Crippen LogP contribution in [0.4, 0.5) is 11.4 Å². The standard InChI is InChI=1S/C25H26N2O6/c1-15-20(30-2)11-17(12-21(15)31-3)25(29)27-19-14-22(32-4)18(13-23(19)33-5)26-24(28)16-9-7-6-8-10-16/h6-14H,1-5H3,(H,26,28)(H,27,29). The molecule has 0 spiro atoms. The molecule has 0 saturated carbocycles. The molecule has 0 unspecified atom stereocenters. The van der Waals surface area contributed by atoms with E-state index in [0.29, 0.717) is 45.5 Å². The molecule has 0 aliphatic rings. The molecule has 33 heavy (non-hydrogen) atoms. The van der Waals surface area contributed by atoms with E-state index < -0.39 is 5.91 Å². The fraction of sp³-hybridized carbons (Fsp3) is 0.200. The molecule has 0 saturated heterocycles. The number of carbonyl (C=O) groups excluding carboxylic acids is 2. The van der Waals surface area contributed by atoms with E-state index in [1.54, 1.807) is 48.5 Å². The van der Waals surface area contributed by atoms with Gasteiger partial charge >= 0.3 is 0 Å². The monoisotopic (exact) mass is 450 g/mol. The number of hydrogen-bond acceptors (Lipinski definition) is 6. The van der Waals surface area contributed by atoms with Crippen LogP contribution >= 0.6 is 0 Å². The topological polar surface area (TPSA) is 95.1 Å². The molecule has 3 aromatic carbocycles. The summed E-state index contributed by atoms with van der Waals surface area (Å²) in [5.74, 6) is 1.07. The van der Waals surface area contributed by atoms with Crippen LogP contribution < -0.4 is 29.6 Å². The first kappa shape index (κ1) is 23.5. The molecule has 2 amide bonds. The van der Waals surface area contributed by atoms with E-state index in [1.165, 1.54) is 28.4 Å². The highest BCUT2D eigenvalue weighted by atomic mass is 16.5. The zero-order valence-electron chi connectivity index (χ0n) is 19.1. The van der Waals surface area contributed by atoms with Crippen LogP contribution in [0.3, 0.4) is 0 Å². The summed E-state index contributed by atoms with van der Waals surface area (Å²) in [6, 6.07) is 15.2. The van der Waals surface area contributed by atoms with Crippen LogP contribution in [0, 0.1) is 6.92 Å². The van der Waals surface area contributed by atoms with Crippen molar-refractivity contribution in [3.63, 3.8) is 0 Å². The highest BCUT2D eigenvalue weighted by Gasteiger charge is 2.18. The lowest BCUT2D eigenvalue weighted by molar-refractivity contribution is 0.101. The molecule has 0 atom stereocenters. The van der Waals surface area contributed by atoms with Gasteiger partial charge < -0.3 is 29.6 Å². The van der Waals surface area contributed by atoms with Crippen LogP contribution in [-0.2, 0) is 0 Å². The minimum atomic E-state index is -0.395. The van der Waals surface area contributed by atoms with Gasteiger partial charge in [-0.15, -0.1) is 0 Å². The van der Waals surface area contributed by atoms with Gasteiger partial charge in [-0.1, -0.05) is 18.2 Å². The van der Waals surface area contributed by atoms with E-state index in [-0.39, 0.29) is 5.91 Å². The second-order valence-corrected chi connectivity index (χ2v) is 7.03. The largest absolute Gasteiger partial charge is 0.496 e. The summed E-state index contributed by atoms with van der Waals surface area (Å²) in [7, 11) is 6.00. The Labute approximate surface area is 192 Å². The van der Waals surface area contributed by atoms with Crippen LogP contribution in [0.15, 0.2) is 54.6 Å². The molecule has 8 nitrogen and oxygen atoms in total. The molecule has 3 rings (SSSR count). The van der Waals surface area contributed by atoms with Crippen LogP contribution in [-0.4, -0.2) is 40.3 Å². The van der Waals surface area contributed by atoms with Gasteiger partial charge in [0.2, 0.25) is 0 Å². The van der Waals surface area contributed by atoms with Crippen LogP contribution in [0.1, 0.15) is 26.3 Å². The SMILES string of the molecule is COc1cc(NC(=O)c2cc(OC)c(C)c(OC)c2)c(OC)cc1NC(=O)c1ccccc1. The average Bonchev–Trinajstić information content (AvgIpc) is 2.85. The van der Waals surface area contributed by atoms with Crippen molar-refractivity contribution >= 4 is 23.2 Å². The van der Waals surface area contributed by atoms with E-state index in [9.17, 15) is 9.59 Å². The van der Waals surface area contributed by atoms with Gasteiger partial charge in [0.15, 0.2) is 0 Å². The van der Waals surface area contributed by atoms with E-state index in [2.05, 4.69) is 10.6 Å². The molecule has 0 bridgehead atoms. The number of amides is 2. The molecule has 0 fully saturated rings. The molecular formula is C25H26N2O6. The van der Waals surface area contributed by atoms with Crippen molar-refractivity contribution < 1.29 is 28.5 Å². The maximum atomic E-state index is 13.0. The number of hydrogen-bond donors (Lipinski definition) is 2. The van der Waals surface area contributed by atoms with Crippen molar-refractivity contribution in [2.45, 2.75) is 6.92 Å². The third-order valence-electron chi connectivity index (χ3n) is 5.07. The van der Waals surface area contributed by atoms with Gasteiger partial charge in [-0.25, -0.2) is 0 Å². The maximum absolute atomic E-state index is 13.0.